The number of carbonyl (C=O) groups is 1. The van der Waals surface area contributed by atoms with Gasteiger partial charge in [0.15, 0.2) is 5.78 Å². The molecule has 0 aliphatic heterocycles. The molecule has 3 rings (SSSR count). The van der Waals surface area contributed by atoms with Gasteiger partial charge in [-0.25, -0.2) is 4.98 Å². The number of aryl methyl sites for hydroxylation is 1. The molecule has 0 unspecified atom stereocenters. The van der Waals surface area contributed by atoms with Crippen LogP contribution in [0.5, 0.6) is 5.75 Å². The summed E-state index contributed by atoms with van der Waals surface area (Å²) < 4.78 is 30.9. The van der Waals surface area contributed by atoms with Crippen LogP contribution in [0.2, 0.25) is 0 Å². The van der Waals surface area contributed by atoms with E-state index >= 15 is 0 Å². The van der Waals surface area contributed by atoms with Crippen LogP contribution in [0.25, 0.3) is 5.69 Å². The van der Waals surface area contributed by atoms with Crippen molar-refractivity contribution in [3.63, 3.8) is 0 Å². The molecule has 0 aliphatic rings. The summed E-state index contributed by atoms with van der Waals surface area (Å²) in [6, 6.07) is 8.16. The highest BCUT2D eigenvalue weighted by Gasteiger charge is 2.18. The number of benzene rings is 1. The minimum absolute atomic E-state index is 0.0251. The minimum Gasteiger partial charge on any atom is -0.435 e. The number of H-pyrrole nitrogens is 1. The lowest BCUT2D eigenvalue weighted by atomic mass is 10.2. The molecule has 2 aromatic heterocycles. The zero-order chi connectivity index (χ0) is 21.1. The van der Waals surface area contributed by atoms with Gasteiger partial charge in [0.05, 0.1) is 5.75 Å². The summed E-state index contributed by atoms with van der Waals surface area (Å²) in [5.41, 5.74) is 3.04. The fourth-order valence-corrected chi connectivity index (χ4v) is 3.70. The molecule has 3 aromatic rings. The summed E-state index contributed by atoms with van der Waals surface area (Å²) >= 11 is 1.29. The Balaban J connectivity index is 1.75. The van der Waals surface area contributed by atoms with Crippen molar-refractivity contribution in [1.82, 2.24) is 19.7 Å². The second-order valence-electron chi connectivity index (χ2n) is 6.86. The quantitative estimate of drug-likeness (QED) is 0.414. The van der Waals surface area contributed by atoms with Crippen LogP contribution in [0, 0.1) is 13.8 Å². The van der Waals surface area contributed by atoms with E-state index in [1.807, 2.05) is 38.3 Å². The van der Waals surface area contributed by atoms with E-state index in [9.17, 15) is 13.6 Å². The minimum atomic E-state index is -2.86. The molecule has 1 aromatic carbocycles. The zero-order valence-corrected chi connectivity index (χ0v) is 17.4. The fourth-order valence-electron chi connectivity index (χ4n) is 3.01. The number of hydrogen-bond acceptors (Lipinski definition) is 5. The van der Waals surface area contributed by atoms with E-state index in [0.29, 0.717) is 10.7 Å². The third-order valence-electron chi connectivity index (χ3n) is 4.41. The number of carbonyl (C=O) groups excluding carboxylic acids is 1. The molecule has 9 heteroatoms. The van der Waals surface area contributed by atoms with E-state index in [1.165, 1.54) is 23.9 Å². The Bertz CT molecular complexity index is 997. The van der Waals surface area contributed by atoms with Gasteiger partial charge in [-0.2, -0.15) is 8.78 Å². The highest BCUT2D eigenvalue weighted by Crippen LogP contribution is 2.25. The van der Waals surface area contributed by atoms with Gasteiger partial charge >= 0.3 is 6.61 Å². The van der Waals surface area contributed by atoms with Crippen molar-refractivity contribution in [2.45, 2.75) is 45.4 Å². The summed E-state index contributed by atoms with van der Waals surface area (Å²) in [6.45, 7) is 4.92. The number of ether oxygens (including phenoxy) is 1. The number of Topliss-reactive ketones (excluding diaryl/α,β-unsaturated/α-hetero) is 1. The Morgan fingerprint density at radius 1 is 1.24 bits per heavy atom. The Morgan fingerprint density at radius 2 is 1.93 bits per heavy atom. The van der Waals surface area contributed by atoms with E-state index in [1.54, 1.807) is 12.1 Å². The number of rotatable bonds is 8. The van der Waals surface area contributed by atoms with Gasteiger partial charge < -0.3 is 9.30 Å². The lowest BCUT2D eigenvalue weighted by molar-refractivity contribution is -0.0498. The molecule has 0 amide bonds. The van der Waals surface area contributed by atoms with Crippen LogP contribution in [-0.4, -0.2) is 37.9 Å². The maximum Gasteiger partial charge on any atom is 0.387 e. The molecule has 0 radical (unpaired) electrons. The number of aromatic nitrogens is 4. The van der Waals surface area contributed by atoms with Crippen LogP contribution in [-0.2, 0) is 0 Å². The molecule has 0 aliphatic carbocycles. The van der Waals surface area contributed by atoms with Gasteiger partial charge in [-0.1, -0.05) is 25.6 Å². The van der Waals surface area contributed by atoms with Crippen LogP contribution in [0.3, 0.4) is 0 Å². The van der Waals surface area contributed by atoms with Gasteiger partial charge in [-0.15, -0.1) is 5.10 Å². The van der Waals surface area contributed by atoms with Crippen molar-refractivity contribution in [3.8, 4) is 11.4 Å². The average molecular weight is 420 g/mol. The van der Waals surface area contributed by atoms with Crippen LogP contribution in [0.1, 0.15) is 47.3 Å². The average Bonchev–Trinajstić information content (AvgIpc) is 3.25. The number of hydrogen-bond donors (Lipinski definition) is 1. The monoisotopic (exact) mass is 420 g/mol. The van der Waals surface area contributed by atoms with Crippen molar-refractivity contribution >= 4 is 17.5 Å². The lowest BCUT2D eigenvalue weighted by Gasteiger charge is -2.11. The summed E-state index contributed by atoms with van der Waals surface area (Å²) in [7, 11) is 0. The van der Waals surface area contributed by atoms with Crippen LogP contribution >= 0.6 is 11.8 Å². The molecule has 0 saturated heterocycles. The molecule has 1 N–H and O–H groups in total. The topological polar surface area (TPSA) is 72.8 Å². The number of nitrogens with one attached hydrogen (secondary N) is 1. The highest BCUT2D eigenvalue weighted by molar-refractivity contribution is 7.99. The second kappa shape index (κ2) is 8.77. The molecule has 0 bridgehead atoms. The predicted octanol–water partition coefficient (Wildman–Crippen LogP) is 4.91. The largest absolute Gasteiger partial charge is 0.435 e. The first-order valence-electron chi connectivity index (χ1n) is 9.08. The van der Waals surface area contributed by atoms with Gasteiger partial charge in [-0.3, -0.25) is 9.89 Å². The summed E-state index contributed by atoms with van der Waals surface area (Å²) in [5.74, 6) is 1.32. The molecule has 0 saturated carbocycles. The molecule has 0 atom stereocenters. The van der Waals surface area contributed by atoms with Crippen LogP contribution < -0.4 is 4.74 Å². The number of thioether (sulfide) groups is 1. The third kappa shape index (κ3) is 4.84. The first-order chi connectivity index (χ1) is 13.8. The Hall–Kier alpha value is -2.68. The normalized spacial score (nSPS) is 11.4. The van der Waals surface area contributed by atoms with Crippen LogP contribution in [0.15, 0.2) is 35.5 Å². The van der Waals surface area contributed by atoms with Crippen LogP contribution in [0.4, 0.5) is 8.78 Å². The van der Waals surface area contributed by atoms with E-state index in [-0.39, 0.29) is 23.2 Å². The maximum absolute atomic E-state index is 12.7. The zero-order valence-electron chi connectivity index (χ0n) is 16.6. The summed E-state index contributed by atoms with van der Waals surface area (Å²) in [4.78, 5) is 17.1. The van der Waals surface area contributed by atoms with Gasteiger partial charge in [0, 0.05) is 28.6 Å². The highest BCUT2D eigenvalue weighted by atomic mass is 32.2. The Labute approximate surface area is 171 Å². The first-order valence-corrected chi connectivity index (χ1v) is 10.1. The number of nitrogens with zero attached hydrogens (tertiary/aromatic N) is 3. The molecular weight excluding hydrogens is 398 g/mol. The molecule has 154 valence electrons. The standard InChI is InChI=1S/C20H22F2N4O2S/c1-11(2)18-23-20(25-24-18)29-10-17(27)16-9-12(3)26(13(16)4)14-5-7-15(8-6-14)28-19(21)22/h5-9,11,19H,10H2,1-4H3,(H,23,24,25). The smallest absolute Gasteiger partial charge is 0.387 e. The van der Waals surface area contributed by atoms with Gasteiger partial charge in [0.25, 0.3) is 0 Å². The first kappa shape index (κ1) is 21.0. The van der Waals surface area contributed by atoms with E-state index in [0.717, 1.165) is 22.9 Å². The number of ketones is 1. The summed E-state index contributed by atoms with van der Waals surface area (Å²) in [6.07, 6.45) is 0. The lowest BCUT2D eigenvalue weighted by Crippen LogP contribution is -2.06. The molecule has 0 fully saturated rings. The molecule has 0 spiro atoms. The van der Waals surface area contributed by atoms with Crippen molar-refractivity contribution in [1.29, 1.82) is 0 Å². The number of halogens is 2. The van der Waals surface area contributed by atoms with Gasteiger partial charge in [0.2, 0.25) is 5.16 Å². The third-order valence-corrected chi connectivity index (χ3v) is 5.26. The van der Waals surface area contributed by atoms with E-state index in [2.05, 4.69) is 19.9 Å². The van der Waals surface area contributed by atoms with Crippen molar-refractivity contribution in [2.75, 3.05) is 5.75 Å². The maximum atomic E-state index is 12.7. The number of aromatic amines is 1. The van der Waals surface area contributed by atoms with E-state index in [4.69, 9.17) is 0 Å². The second-order valence-corrected chi connectivity index (χ2v) is 7.80. The molecule has 29 heavy (non-hydrogen) atoms. The molecule has 2 heterocycles. The summed E-state index contributed by atoms with van der Waals surface area (Å²) in [5, 5.41) is 7.55. The predicted molar refractivity (Wildman–Crippen MR) is 107 cm³/mol. The Morgan fingerprint density at radius 3 is 2.52 bits per heavy atom. The fraction of sp³-hybridized carbons (Fsp3) is 0.350. The van der Waals surface area contributed by atoms with Crippen molar-refractivity contribution in [3.05, 3.63) is 53.1 Å². The molecular formula is C20H22F2N4O2S. The Kier molecular flexibility index (Phi) is 6.36. The van der Waals surface area contributed by atoms with Gasteiger partial charge in [-0.05, 0) is 44.2 Å². The van der Waals surface area contributed by atoms with Crippen molar-refractivity contribution < 1.29 is 18.3 Å². The van der Waals surface area contributed by atoms with E-state index < -0.39 is 6.61 Å². The molecule has 6 nitrogen and oxygen atoms in total. The van der Waals surface area contributed by atoms with Gasteiger partial charge in [0.1, 0.15) is 11.6 Å². The number of alkyl halides is 2. The van der Waals surface area contributed by atoms with Crippen molar-refractivity contribution in [2.24, 2.45) is 0 Å². The SMILES string of the molecule is Cc1cc(C(=O)CSc2n[nH]c(C(C)C)n2)c(C)n1-c1ccc(OC(F)F)cc1.